The Balaban J connectivity index is 2.41. The van der Waals surface area contributed by atoms with E-state index in [1.165, 1.54) is 12.1 Å². The minimum absolute atomic E-state index is 0.245. The molecule has 0 aliphatic rings. The first-order valence-electron chi connectivity index (χ1n) is 3.93. The fraction of sp³-hybridized carbons (Fsp3) is 0. The molecule has 0 saturated carbocycles. The fourth-order valence-electron chi connectivity index (χ4n) is 1.15. The summed E-state index contributed by atoms with van der Waals surface area (Å²) in [6.45, 7) is 3.64. The molecule has 0 spiro atoms. The van der Waals surface area contributed by atoms with E-state index in [0.29, 0.717) is 11.5 Å². The van der Waals surface area contributed by atoms with Gasteiger partial charge in [-0.15, -0.1) is 0 Å². The molecule has 0 unspecified atom stereocenters. The van der Waals surface area contributed by atoms with Gasteiger partial charge in [0, 0.05) is 12.5 Å². The van der Waals surface area contributed by atoms with Crippen molar-refractivity contribution in [3.63, 3.8) is 0 Å². The highest BCUT2D eigenvalue weighted by Gasteiger charge is 2.01. The van der Waals surface area contributed by atoms with E-state index in [4.69, 9.17) is 4.42 Å². The molecule has 0 aliphatic carbocycles. The van der Waals surface area contributed by atoms with Gasteiger partial charge in [-0.1, -0.05) is 0 Å². The van der Waals surface area contributed by atoms with Crippen molar-refractivity contribution in [2.75, 3.05) is 0 Å². The van der Waals surface area contributed by atoms with Crippen molar-refractivity contribution in [2.45, 2.75) is 0 Å². The molecule has 2 aromatic rings. The van der Waals surface area contributed by atoms with Crippen molar-refractivity contribution < 1.29 is 8.81 Å². The number of furan rings is 1. The van der Waals surface area contributed by atoms with Crippen molar-refractivity contribution in [2.24, 2.45) is 0 Å². The fourth-order valence-corrected chi connectivity index (χ4v) is 1.15. The van der Waals surface area contributed by atoms with Crippen molar-refractivity contribution in [3.05, 3.63) is 54.9 Å². The van der Waals surface area contributed by atoms with Gasteiger partial charge in [0.05, 0.1) is 0 Å². The number of halogens is 1. The third kappa shape index (κ3) is 1.61. The van der Waals surface area contributed by atoms with Crippen LogP contribution < -0.4 is 0 Å². The molecule has 1 nitrogen and oxygen atoms in total. The predicted octanol–water partition coefficient (Wildman–Crippen LogP) is 3.27. The number of hydrogen-bond acceptors (Lipinski definition) is 1. The van der Waals surface area contributed by atoms with Gasteiger partial charge in [-0.25, -0.2) is 4.39 Å². The third-order valence-electron chi connectivity index (χ3n) is 1.79. The quantitative estimate of drug-likeness (QED) is 0.648. The molecule has 13 heavy (non-hydrogen) atoms. The zero-order valence-electron chi connectivity index (χ0n) is 6.96. The lowest BCUT2D eigenvalue weighted by molar-refractivity contribution is 0.563. The maximum absolute atomic E-state index is 12.6. The van der Waals surface area contributed by atoms with Crippen LogP contribution in [0, 0.1) is 12.7 Å². The van der Waals surface area contributed by atoms with Gasteiger partial charge in [-0.3, -0.25) is 0 Å². The molecule has 65 valence electrons. The van der Waals surface area contributed by atoms with Crippen LogP contribution in [0.1, 0.15) is 5.76 Å². The van der Waals surface area contributed by atoms with Crippen LogP contribution >= 0.6 is 0 Å². The summed E-state index contributed by atoms with van der Waals surface area (Å²) in [4.78, 5) is 0. The van der Waals surface area contributed by atoms with Gasteiger partial charge in [-0.05, 0) is 36.4 Å². The van der Waals surface area contributed by atoms with Crippen molar-refractivity contribution >= 4 is 0 Å². The van der Waals surface area contributed by atoms with Gasteiger partial charge in [0.25, 0.3) is 0 Å². The number of rotatable bonds is 1. The van der Waals surface area contributed by atoms with E-state index >= 15 is 0 Å². The highest BCUT2D eigenvalue weighted by molar-refractivity contribution is 5.57. The summed E-state index contributed by atoms with van der Waals surface area (Å²) in [7, 11) is 0. The van der Waals surface area contributed by atoms with E-state index in [2.05, 4.69) is 6.92 Å². The first kappa shape index (κ1) is 8.05. The molecule has 0 saturated heterocycles. The van der Waals surface area contributed by atoms with Crippen LogP contribution in [0.3, 0.4) is 0 Å². The summed E-state index contributed by atoms with van der Waals surface area (Å²) < 4.78 is 17.8. The molecule has 0 N–H and O–H groups in total. The highest BCUT2D eigenvalue weighted by Crippen LogP contribution is 2.21. The van der Waals surface area contributed by atoms with E-state index in [1.807, 2.05) is 6.07 Å². The van der Waals surface area contributed by atoms with Crippen LogP contribution in [0.2, 0.25) is 0 Å². The lowest BCUT2D eigenvalue weighted by Gasteiger charge is -1.95. The van der Waals surface area contributed by atoms with Crippen LogP contribution in [0.5, 0.6) is 0 Å². The van der Waals surface area contributed by atoms with Crippen LogP contribution in [0.15, 0.2) is 40.8 Å². The van der Waals surface area contributed by atoms with Crippen molar-refractivity contribution in [1.82, 2.24) is 0 Å². The largest absolute Gasteiger partial charge is 0.461 e. The topological polar surface area (TPSA) is 13.1 Å². The smallest absolute Gasteiger partial charge is 0.134 e. The number of hydrogen-bond donors (Lipinski definition) is 0. The van der Waals surface area contributed by atoms with Gasteiger partial charge in [0.1, 0.15) is 17.3 Å². The van der Waals surface area contributed by atoms with E-state index in [0.717, 1.165) is 5.56 Å². The Morgan fingerprint density at radius 2 is 1.69 bits per heavy atom. The summed E-state index contributed by atoms with van der Waals surface area (Å²) in [5.41, 5.74) is 0.858. The second-order valence-electron chi connectivity index (χ2n) is 2.77. The molecule has 0 atom stereocenters. The van der Waals surface area contributed by atoms with E-state index < -0.39 is 0 Å². The average molecular weight is 175 g/mol. The third-order valence-corrected chi connectivity index (χ3v) is 1.79. The van der Waals surface area contributed by atoms with Gasteiger partial charge >= 0.3 is 0 Å². The van der Waals surface area contributed by atoms with Crippen LogP contribution in [0.4, 0.5) is 4.39 Å². The van der Waals surface area contributed by atoms with Gasteiger partial charge < -0.3 is 4.42 Å². The van der Waals surface area contributed by atoms with Gasteiger partial charge in [-0.2, -0.15) is 0 Å². The van der Waals surface area contributed by atoms with Crippen LogP contribution in [-0.4, -0.2) is 0 Å². The Hall–Kier alpha value is -1.57. The van der Waals surface area contributed by atoms with Crippen LogP contribution in [-0.2, 0) is 0 Å². The lowest BCUT2D eigenvalue weighted by Crippen LogP contribution is -1.74. The molecule has 1 heterocycles. The van der Waals surface area contributed by atoms with Crippen molar-refractivity contribution in [1.29, 1.82) is 0 Å². The zero-order chi connectivity index (χ0) is 9.26. The monoisotopic (exact) mass is 175 g/mol. The normalized spacial score (nSPS) is 10.3. The second-order valence-corrected chi connectivity index (χ2v) is 2.77. The molecule has 0 bridgehead atoms. The maximum atomic E-state index is 12.6. The molecular formula is C11H8FO. The van der Waals surface area contributed by atoms with E-state index in [9.17, 15) is 4.39 Å². The van der Waals surface area contributed by atoms with Crippen molar-refractivity contribution in [3.8, 4) is 11.3 Å². The molecule has 0 amide bonds. The standard InChI is InChI=1S/C11H8FO/c1-8-2-7-11(13-8)9-3-5-10(12)6-4-9/h2-7H,1H2. The summed E-state index contributed by atoms with van der Waals surface area (Å²) in [6, 6.07) is 9.75. The Morgan fingerprint density at radius 1 is 1.00 bits per heavy atom. The molecule has 2 rings (SSSR count). The molecule has 1 aromatic heterocycles. The zero-order valence-corrected chi connectivity index (χ0v) is 6.96. The van der Waals surface area contributed by atoms with Crippen LogP contribution in [0.25, 0.3) is 11.3 Å². The Morgan fingerprint density at radius 3 is 2.23 bits per heavy atom. The van der Waals surface area contributed by atoms with Gasteiger partial charge in [0.15, 0.2) is 0 Å². The molecule has 1 aromatic carbocycles. The first-order chi connectivity index (χ1) is 6.25. The molecule has 2 heteroatoms. The molecule has 0 aliphatic heterocycles. The summed E-state index contributed by atoms with van der Waals surface area (Å²) in [6.07, 6.45) is 0. The Kier molecular flexibility index (Phi) is 1.89. The molecule has 0 fully saturated rings. The Bertz CT molecular complexity index is 400. The summed E-state index contributed by atoms with van der Waals surface area (Å²) >= 11 is 0. The lowest BCUT2D eigenvalue weighted by atomic mass is 10.2. The molecular weight excluding hydrogens is 167 g/mol. The van der Waals surface area contributed by atoms with E-state index in [-0.39, 0.29) is 5.82 Å². The number of benzene rings is 1. The SMILES string of the molecule is [CH2]c1ccc(-c2ccc(F)cc2)o1. The predicted molar refractivity (Wildman–Crippen MR) is 48.6 cm³/mol. The highest BCUT2D eigenvalue weighted by atomic mass is 19.1. The summed E-state index contributed by atoms with van der Waals surface area (Å²) in [5, 5.41) is 0. The maximum Gasteiger partial charge on any atom is 0.134 e. The second kappa shape index (κ2) is 3.05. The minimum atomic E-state index is -0.245. The Labute approximate surface area is 75.8 Å². The van der Waals surface area contributed by atoms with E-state index in [1.54, 1.807) is 18.2 Å². The minimum Gasteiger partial charge on any atom is -0.461 e. The summed E-state index contributed by atoms with van der Waals surface area (Å²) in [5.74, 6) is 1.08. The average Bonchev–Trinajstić information content (AvgIpc) is 2.53. The first-order valence-corrected chi connectivity index (χ1v) is 3.93. The van der Waals surface area contributed by atoms with Gasteiger partial charge in [0.2, 0.25) is 0 Å². The molecule has 1 radical (unpaired) electrons.